The number of aryl methyl sites for hydroxylation is 1. The summed E-state index contributed by atoms with van der Waals surface area (Å²) in [6.07, 6.45) is 22.2. The molecule has 0 aliphatic heterocycles. The van der Waals surface area contributed by atoms with Gasteiger partial charge in [0.15, 0.2) is 0 Å². The summed E-state index contributed by atoms with van der Waals surface area (Å²) in [6, 6.07) is 57.3. The lowest BCUT2D eigenvalue weighted by Gasteiger charge is -2.34. The van der Waals surface area contributed by atoms with E-state index in [0.29, 0.717) is 11.8 Å². The molecule has 0 N–H and O–H groups in total. The number of rotatable bonds is 7. The highest BCUT2D eigenvalue weighted by Crippen LogP contribution is 2.53. The van der Waals surface area contributed by atoms with E-state index in [9.17, 15) is 0 Å². The smallest absolute Gasteiger partial charge is 0.0533 e. The Morgan fingerprint density at radius 1 is 0.667 bits per heavy atom. The first-order valence-electron chi connectivity index (χ1n) is 23.3. The topological polar surface area (TPSA) is 3.24 Å². The van der Waals surface area contributed by atoms with Crippen molar-refractivity contribution in [1.82, 2.24) is 0 Å². The van der Waals surface area contributed by atoms with Crippen molar-refractivity contribution in [2.45, 2.75) is 70.1 Å². The molecule has 0 saturated heterocycles. The Kier molecular flexibility index (Phi) is 9.22. The SMILES string of the molecule is CC1(C)C2=CC(C3=CC=C(N(c4ccc(-c5ccc6c(c5)-c5c(ccc7ccccc57)C(Cc5ccccc5)C6)cc4)c4cccc5c4C=CCC5)CC3)CC=C2c2ccccc21. The van der Waals surface area contributed by atoms with Gasteiger partial charge in [-0.15, -0.1) is 0 Å². The third-order valence-electron chi connectivity index (χ3n) is 15.0. The number of allylic oxidation sites excluding steroid dienone is 9. The zero-order chi connectivity index (χ0) is 42.1. The van der Waals surface area contributed by atoms with Crippen LogP contribution in [0.5, 0.6) is 0 Å². The first-order valence-corrected chi connectivity index (χ1v) is 23.3. The van der Waals surface area contributed by atoms with Gasteiger partial charge in [-0.3, -0.25) is 0 Å². The number of fused-ring (bicyclic) bond motifs is 9. The van der Waals surface area contributed by atoms with E-state index in [4.69, 9.17) is 0 Å². The molecule has 0 aromatic heterocycles. The predicted molar refractivity (Wildman–Crippen MR) is 266 cm³/mol. The van der Waals surface area contributed by atoms with E-state index in [1.165, 1.54) is 100 Å². The molecule has 306 valence electrons. The van der Waals surface area contributed by atoms with Crippen LogP contribution in [-0.2, 0) is 24.7 Å². The molecule has 0 fully saturated rings. The number of benzene rings is 7. The van der Waals surface area contributed by atoms with Crippen LogP contribution in [0.4, 0.5) is 11.4 Å². The minimum Gasteiger partial charge on any atom is -0.314 e. The third-order valence-corrected chi connectivity index (χ3v) is 15.0. The summed E-state index contributed by atoms with van der Waals surface area (Å²) in [7, 11) is 0. The van der Waals surface area contributed by atoms with Gasteiger partial charge in [-0.1, -0.05) is 177 Å². The van der Waals surface area contributed by atoms with Gasteiger partial charge in [-0.05, 0) is 159 Å². The molecular formula is C62H53N. The molecule has 12 rings (SSSR count). The molecule has 5 aliphatic carbocycles. The van der Waals surface area contributed by atoms with Crippen LogP contribution in [0.2, 0.25) is 0 Å². The Balaban J connectivity index is 0.891. The Morgan fingerprint density at radius 2 is 1.49 bits per heavy atom. The normalized spacial score (nSPS) is 19.1. The maximum atomic E-state index is 2.61. The predicted octanol–water partition coefficient (Wildman–Crippen LogP) is 16.1. The molecule has 0 heterocycles. The van der Waals surface area contributed by atoms with Crippen molar-refractivity contribution in [2.24, 2.45) is 5.92 Å². The van der Waals surface area contributed by atoms with Crippen LogP contribution >= 0.6 is 0 Å². The Bertz CT molecular complexity index is 3110. The lowest BCUT2D eigenvalue weighted by molar-refractivity contribution is 0.630. The number of anilines is 2. The van der Waals surface area contributed by atoms with E-state index in [2.05, 4.69) is 207 Å². The van der Waals surface area contributed by atoms with Crippen LogP contribution in [0.3, 0.4) is 0 Å². The highest BCUT2D eigenvalue weighted by Gasteiger charge is 2.40. The molecule has 7 aromatic carbocycles. The standard InChI is InChI=1S/C62H53N/c1-62(2)58-21-11-10-20-55(58)56-36-30-47(40-59(56)62)43-27-33-51(34-28-43)63(60-22-12-17-44-15-6-8-18-52(44)60)50-31-25-42(26-32-50)46-23-24-48-38-49(37-41-13-4-3-5-14-41)54-35-29-45-16-7-9-19-53(45)61(54)57(48)39-46/h3-5,7-14,16-27,29,31-33,35-36,39-40,47,49H,6,15,28,30,34,37-38H2,1-2H3. The van der Waals surface area contributed by atoms with Gasteiger partial charge in [0.25, 0.3) is 0 Å². The first-order chi connectivity index (χ1) is 31.0. The van der Waals surface area contributed by atoms with Gasteiger partial charge in [0.1, 0.15) is 0 Å². The summed E-state index contributed by atoms with van der Waals surface area (Å²) in [5.74, 6) is 0.877. The van der Waals surface area contributed by atoms with Crippen LogP contribution in [0.1, 0.15) is 84.4 Å². The fourth-order valence-corrected chi connectivity index (χ4v) is 11.8. The number of nitrogens with zero attached hydrogens (tertiary/aromatic N) is 1. The Hall–Kier alpha value is -6.70. The highest BCUT2D eigenvalue weighted by molar-refractivity contribution is 6.01. The van der Waals surface area contributed by atoms with Gasteiger partial charge in [0.05, 0.1) is 5.69 Å². The van der Waals surface area contributed by atoms with Crippen molar-refractivity contribution in [3.8, 4) is 22.3 Å². The van der Waals surface area contributed by atoms with Gasteiger partial charge in [0.2, 0.25) is 0 Å². The molecule has 63 heavy (non-hydrogen) atoms. The van der Waals surface area contributed by atoms with Crippen molar-refractivity contribution in [3.63, 3.8) is 0 Å². The molecule has 0 bridgehead atoms. The fourth-order valence-electron chi connectivity index (χ4n) is 11.8. The Morgan fingerprint density at radius 3 is 2.37 bits per heavy atom. The summed E-state index contributed by atoms with van der Waals surface area (Å²) >= 11 is 0. The zero-order valence-corrected chi connectivity index (χ0v) is 36.4. The second-order valence-corrected chi connectivity index (χ2v) is 19.0. The highest BCUT2D eigenvalue weighted by atomic mass is 15.2. The summed E-state index contributed by atoms with van der Waals surface area (Å²) < 4.78 is 0. The van der Waals surface area contributed by atoms with Crippen molar-refractivity contribution in [2.75, 3.05) is 4.90 Å². The molecule has 1 heteroatoms. The van der Waals surface area contributed by atoms with Crippen LogP contribution in [0.25, 0.3) is 44.7 Å². The van der Waals surface area contributed by atoms with Crippen molar-refractivity contribution < 1.29 is 0 Å². The van der Waals surface area contributed by atoms with E-state index < -0.39 is 0 Å². The molecule has 0 saturated carbocycles. The van der Waals surface area contributed by atoms with Crippen LogP contribution in [-0.4, -0.2) is 0 Å². The molecular weight excluding hydrogens is 759 g/mol. The van der Waals surface area contributed by atoms with Gasteiger partial charge in [-0.2, -0.15) is 0 Å². The maximum Gasteiger partial charge on any atom is 0.0533 e. The van der Waals surface area contributed by atoms with Crippen molar-refractivity contribution in [3.05, 3.63) is 238 Å². The molecule has 2 atom stereocenters. The quantitative estimate of drug-likeness (QED) is 0.155. The monoisotopic (exact) mass is 811 g/mol. The van der Waals surface area contributed by atoms with E-state index in [1.54, 1.807) is 5.57 Å². The first kappa shape index (κ1) is 38.0. The zero-order valence-electron chi connectivity index (χ0n) is 36.4. The van der Waals surface area contributed by atoms with Gasteiger partial charge >= 0.3 is 0 Å². The average molecular weight is 812 g/mol. The third kappa shape index (κ3) is 6.51. The summed E-state index contributed by atoms with van der Waals surface area (Å²) in [4.78, 5) is 2.56. The van der Waals surface area contributed by atoms with E-state index >= 15 is 0 Å². The molecule has 1 nitrogen and oxygen atoms in total. The van der Waals surface area contributed by atoms with E-state index in [-0.39, 0.29) is 5.41 Å². The molecule has 2 unspecified atom stereocenters. The Labute approximate surface area is 373 Å². The summed E-state index contributed by atoms with van der Waals surface area (Å²) in [6.45, 7) is 4.81. The largest absolute Gasteiger partial charge is 0.314 e. The van der Waals surface area contributed by atoms with Gasteiger partial charge in [-0.25, -0.2) is 0 Å². The van der Waals surface area contributed by atoms with Crippen molar-refractivity contribution in [1.29, 1.82) is 0 Å². The fraction of sp³-hybridized carbons (Fsp3) is 0.194. The van der Waals surface area contributed by atoms with Crippen molar-refractivity contribution >= 4 is 33.8 Å². The van der Waals surface area contributed by atoms with Crippen LogP contribution in [0.15, 0.2) is 199 Å². The molecule has 5 aliphatic rings. The molecule has 0 amide bonds. The molecule has 0 radical (unpaired) electrons. The lowest BCUT2D eigenvalue weighted by Crippen LogP contribution is -2.21. The minimum absolute atomic E-state index is 0.0315. The van der Waals surface area contributed by atoms with E-state index in [1.807, 2.05) is 0 Å². The average Bonchev–Trinajstić information content (AvgIpc) is 3.57. The maximum absolute atomic E-state index is 2.61. The van der Waals surface area contributed by atoms with Crippen LogP contribution < -0.4 is 4.90 Å². The second-order valence-electron chi connectivity index (χ2n) is 19.0. The number of hydrogen-bond donors (Lipinski definition) is 0. The lowest BCUT2D eigenvalue weighted by atomic mass is 9.74. The minimum atomic E-state index is 0.0315. The number of hydrogen-bond acceptors (Lipinski definition) is 1. The summed E-state index contributed by atoms with van der Waals surface area (Å²) in [5, 5.41) is 2.66. The molecule has 0 spiro atoms. The van der Waals surface area contributed by atoms with Gasteiger partial charge in [0, 0.05) is 28.3 Å². The summed E-state index contributed by atoms with van der Waals surface area (Å²) in [5.41, 5.74) is 23.7. The van der Waals surface area contributed by atoms with Gasteiger partial charge < -0.3 is 4.90 Å². The van der Waals surface area contributed by atoms with E-state index in [0.717, 1.165) is 44.9 Å². The second kappa shape index (κ2) is 15.3. The van der Waals surface area contributed by atoms with Crippen LogP contribution in [0, 0.1) is 5.92 Å². The molecule has 7 aromatic rings.